The summed E-state index contributed by atoms with van der Waals surface area (Å²) in [5.41, 5.74) is 6.06. The van der Waals surface area contributed by atoms with Crippen molar-refractivity contribution in [3.05, 3.63) is 36.3 Å². The van der Waals surface area contributed by atoms with Gasteiger partial charge in [0.2, 0.25) is 0 Å². The van der Waals surface area contributed by atoms with Crippen LogP contribution in [0.4, 0.5) is 20.2 Å². The average molecular weight is 223 g/mol. The van der Waals surface area contributed by atoms with E-state index >= 15 is 0 Å². The summed E-state index contributed by atoms with van der Waals surface area (Å²) >= 11 is 1.33. The van der Waals surface area contributed by atoms with Crippen molar-refractivity contribution in [2.75, 3.05) is 17.7 Å². The fraction of sp³-hybridized carbons (Fsp3) is 0.100. The Morgan fingerprint density at radius 1 is 1.40 bits per heavy atom. The minimum absolute atomic E-state index is 0.270. The molecule has 0 amide bonds. The van der Waals surface area contributed by atoms with Crippen LogP contribution >= 0.6 is 11.3 Å². The van der Waals surface area contributed by atoms with Gasteiger partial charge in [0.05, 0.1) is 11.9 Å². The van der Waals surface area contributed by atoms with E-state index in [2.05, 4.69) is 4.98 Å². The number of nitrogens with two attached hydrogens (primary N) is 1. The second-order valence-electron chi connectivity index (χ2n) is 3.06. The minimum atomic E-state index is -0.270. The van der Waals surface area contributed by atoms with Crippen LogP contribution in [0.15, 0.2) is 30.5 Å². The average Bonchev–Trinajstić information content (AvgIpc) is 2.65. The maximum absolute atomic E-state index is 13.4. The molecule has 2 rings (SSSR count). The molecule has 78 valence electrons. The minimum Gasteiger partial charge on any atom is -0.389 e. The highest BCUT2D eigenvalue weighted by atomic mass is 32.1. The number of para-hydroxylation sites is 1. The number of hydrogen-bond acceptors (Lipinski definition) is 4. The number of anilines is 3. The SMILES string of the molecule is CN(c1ncc(N)s1)c1ccccc1F. The molecule has 5 heteroatoms. The van der Waals surface area contributed by atoms with Gasteiger partial charge in [-0.05, 0) is 12.1 Å². The predicted octanol–water partition coefficient (Wildman–Crippen LogP) is 2.63. The second-order valence-corrected chi connectivity index (χ2v) is 4.10. The van der Waals surface area contributed by atoms with Crippen LogP contribution in [0.2, 0.25) is 0 Å². The Morgan fingerprint density at radius 3 is 2.73 bits per heavy atom. The van der Waals surface area contributed by atoms with Gasteiger partial charge in [0.1, 0.15) is 10.8 Å². The molecule has 0 fully saturated rings. The monoisotopic (exact) mass is 223 g/mol. The Labute approximate surface area is 91.0 Å². The van der Waals surface area contributed by atoms with E-state index in [-0.39, 0.29) is 5.82 Å². The molecule has 2 aromatic rings. The molecule has 0 saturated carbocycles. The number of halogens is 1. The fourth-order valence-electron chi connectivity index (χ4n) is 1.26. The Kier molecular flexibility index (Phi) is 2.55. The number of aromatic nitrogens is 1. The first-order chi connectivity index (χ1) is 7.18. The topological polar surface area (TPSA) is 42.2 Å². The molecule has 0 saturated heterocycles. The zero-order chi connectivity index (χ0) is 10.8. The van der Waals surface area contributed by atoms with Gasteiger partial charge in [-0.1, -0.05) is 23.5 Å². The summed E-state index contributed by atoms with van der Waals surface area (Å²) < 4.78 is 13.4. The summed E-state index contributed by atoms with van der Waals surface area (Å²) in [7, 11) is 1.76. The van der Waals surface area contributed by atoms with E-state index < -0.39 is 0 Å². The van der Waals surface area contributed by atoms with E-state index in [9.17, 15) is 4.39 Å². The third-order valence-electron chi connectivity index (χ3n) is 2.01. The van der Waals surface area contributed by atoms with Crippen LogP contribution in [0.1, 0.15) is 0 Å². The molecule has 2 N–H and O–H groups in total. The molecule has 0 unspecified atom stereocenters. The Balaban J connectivity index is 2.36. The van der Waals surface area contributed by atoms with Gasteiger partial charge in [-0.3, -0.25) is 0 Å². The van der Waals surface area contributed by atoms with Gasteiger partial charge in [0.15, 0.2) is 5.13 Å². The first kappa shape index (κ1) is 9.92. The van der Waals surface area contributed by atoms with Crippen molar-refractivity contribution in [3.63, 3.8) is 0 Å². The lowest BCUT2D eigenvalue weighted by Crippen LogP contribution is -2.10. The summed E-state index contributed by atoms with van der Waals surface area (Å²) in [6, 6.07) is 6.56. The van der Waals surface area contributed by atoms with Crippen molar-refractivity contribution in [2.24, 2.45) is 0 Å². The van der Waals surface area contributed by atoms with E-state index in [0.29, 0.717) is 15.8 Å². The Bertz CT molecular complexity index is 469. The molecule has 0 aliphatic carbocycles. The van der Waals surface area contributed by atoms with Gasteiger partial charge in [-0.2, -0.15) is 0 Å². The van der Waals surface area contributed by atoms with Gasteiger partial charge in [0, 0.05) is 7.05 Å². The quantitative estimate of drug-likeness (QED) is 0.851. The summed E-state index contributed by atoms with van der Waals surface area (Å²) in [6.07, 6.45) is 1.57. The van der Waals surface area contributed by atoms with Crippen LogP contribution in [0.3, 0.4) is 0 Å². The van der Waals surface area contributed by atoms with Gasteiger partial charge in [-0.25, -0.2) is 9.37 Å². The number of nitrogens with zero attached hydrogens (tertiary/aromatic N) is 2. The Hall–Kier alpha value is -1.62. The lowest BCUT2D eigenvalue weighted by Gasteiger charge is -2.15. The van der Waals surface area contributed by atoms with Crippen LogP contribution in [-0.4, -0.2) is 12.0 Å². The molecule has 1 aromatic heterocycles. The highest BCUT2D eigenvalue weighted by Gasteiger charge is 2.11. The van der Waals surface area contributed by atoms with Crippen LogP contribution in [-0.2, 0) is 0 Å². The molecule has 0 bridgehead atoms. The van der Waals surface area contributed by atoms with Crippen LogP contribution in [0.25, 0.3) is 0 Å². The number of rotatable bonds is 2. The normalized spacial score (nSPS) is 10.3. The van der Waals surface area contributed by atoms with Crippen LogP contribution in [0, 0.1) is 5.82 Å². The molecular formula is C10H10FN3S. The molecular weight excluding hydrogens is 213 g/mol. The van der Waals surface area contributed by atoms with Gasteiger partial charge in [-0.15, -0.1) is 0 Å². The third-order valence-corrected chi connectivity index (χ3v) is 2.92. The molecule has 1 aromatic carbocycles. The molecule has 0 atom stereocenters. The van der Waals surface area contributed by atoms with Gasteiger partial charge >= 0.3 is 0 Å². The van der Waals surface area contributed by atoms with E-state index in [1.165, 1.54) is 17.4 Å². The van der Waals surface area contributed by atoms with Crippen LogP contribution in [0.5, 0.6) is 0 Å². The molecule has 0 spiro atoms. The third kappa shape index (κ3) is 1.92. The summed E-state index contributed by atoms with van der Waals surface area (Å²) in [6.45, 7) is 0. The van der Waals surface area contributed by atoms with Crippen molar-refractivity contribution in [2.45, 2.75) is 0 Å². The van der Waals surface area contributed by atoms with Crippen molar-refractivity contribution in [3.8, 4) is 0 Å². The van der Waals surface area contributed by atoms with E-state index in [4.69, 9.17) is 5.73 Å². The maximum atomic E-state index is 13.4. The summed E-state index contributed by atoms with van der Waals surface area (Å²) in [5, 5.41) is 1.30. The molecule has 15 heavy (non-hydrogen) atoms. The summed E-state index contributed by atoms with van der Waals surface area (Å²) in [5.74, 6) is -0.270. The smallest absolute Gasteiger partial charge is 0.191 e. The largest absolute Gasteiger partial charge is 0.389 e. The van der Waals surface area contributed by atoms with Crippen molar-refractivity contribution in [1.82, 2.24) is 4.98 Å². The van der Waals surface area contributed by atoms with Crippen molar-refractivity contribution in [1.29, 1.82) is 0 Å². The number of benzene rings is 1. The first-order valence-electron chi connectivity index (χ1n) is 4.38. The highest BCUT2D eigenvalue weighted by Crippen LogP contribution is 2.30. The molecule has 0 aliphatic rings. The maximum Gasteiger partial charge on any atom is 0.191 e. The summed E-state index contributed by atoms with van der Waals surface area (Å²) in [4.78, 5) is 5.76. The molecule has 0 aliphatic heterocycles. The van der Waals surface area contributed by atoms with E-state index in [0.717, 1.165) is 0 Å². The second kappa shape index (κ2) is 3.86. The van der Waals surface area contributed by atoms with E-state index in [1.54, 1.807) is 36.3 Å². The Morgan fingerprint density at radius 2 is 2.13 bits per heavy atom. The number of thiazole rings is 1. The van der Waals surface area contributed by atoms with Gasteiger partial charge < -0.3 is 10.6 Å². The first-order valence-corrected chi connectivity index (χ1v) is 5.19. The molecule has 1 heterocycles. The lowest BCUT2D eigenvalue weighted by atomic mass is 10.3. The molecule has 0 radical (unpaired) electrons. The van der Waals surface area contributed by atoms with Crippen LogP contribution < -0.4 is 10.6 Å². The highest BCUT2D eigenvalue weighted by molar-refractivity contribution is 7.19. The van der Waals surface area contributed by atoms with Gasteiger partial charge in [0.25, 0.3) is 0 Å². The fourth-order valence-corrected chi connectivity index (χ4v) is 1.92. The van der Waals surface area contributed by atoms with Crippen molar-refractivity contribution < 1.29 is 4.39 Å². The standard InChI is InChI=1S/C10H10FN3S/c1-14(10-13-6-9(12)15-10)8-5-3-2-4-7(8)11/h2-6H,12H2,1H3. The number of nitrogen functional groups attached to an aromatic ring is 1. The zero-order valence-electron chi connectivity index (χ0n) is 8.14. The lowest BCUT2D eigenvalue weighted by molar-refractivity contribution is 0.627. The van der Waals surface area contributed by atoms with Crippen molar-refractivity contribution >= 4 is 27.2 Å². The van der Waals surface area contributed by atoms with E-state index in [1.807, 2.05) is 0 Å². The zero-order valence-corrected chi connectivity index (χ0v) is 8.96. The predicted molar refractivity (Wildman–Crippen MR) is 61.0 cm³/mol. The molecule has 3 nitrogen and oxygen atoms in total. The number of hydrogen-bond donors (Lipinski definition) is 1.